The van der Waals surface area contributed by atoms with Crippen LogP contribution in [-0.4, -0.2) is 29.1 Å². The number of hydrogen-bond donors (Lipinski definition) is 2. The molecule has 0 aliphatic heterocycles. The van der Waals surface area contributed by atoms with Crippen LogP contribution in [0.15, 0.2) is 11.6 Å². The highest BCUT2D eigenvalue weighted by Gasteiger charge is 2.20. The number of rotatable bonds is 1. The Bertz CT molecular complexity index is 145. The Hall–Kier alpha value is -0.410. The van der Waals surface area contributed by atoms with Crippen LogP contribution >= 0.6 is 0 Å². The molecule has 0 radical (unpaired) electrons. The monoisotopic (exact) mass is 146 g/mol. The maximum absolute atomic E-state index is 11.9. The van der Waals surface area contributed by atoms with Crippen LogP contribution in [0.2, 0.25) is 0 Å². The first-order valence-electron chi connectivity index (χ1n) is 3.34. The predicted molar refractivity (Wildman–Crippen MR) is 35.3 cm³/mol. The molecule has 58 valence electrons. The second-order valence-corrected chi connectivity index (χ2v) is 2.57. The molecule has 0 heterocycles. The van der Waals surface area contributed by atoms with E-state index in [9.17, 15) is 4.39 Å². The molecule has 0 fully saturated rings. The standard InChI is InChI=1S/C7H11FO2/c8-4-5-1-2-6(9)7(10)3-5/h1,6-7,9-10H,2-4H2/t6-,7-/m0/s1. The zero-order valence-electron chi connectivity index (χ0n) is 5.63. The molecule has 0 bridgehead atoms. The number of aliphatic hydroxyl groups is 2. The van der Waals surface area contributed by atoms with Crippen LogP contribution in [-0.2, 0) is 0 Å². The van der Waals surface area contributed by atoms with Crippen molar-refractivity contribution in [2.45, 2.75) is 25.0 Å². The molecule has 1 aliphatic rings. The van der Waals surface area contributed by atoms with Crippen molar-refractivity contribution in [2.24, 2.45) is 0 Å². The third kappa shape index (κ3) is 1.55. The quantitative estimate of drug-likeness (QED) is 0.525. The van der Waals surface area contributed by atoms with Gasteiger partial charge in [-0.15, -0.1) is 0 Å². The summed E-state index contributed by atoms with van der Waals surface area (Å²) >= 11 is 0. The van der Waals surface area contributed by atoms with Gasteiger partial charge in [0, 0.05) is 0 Å². The molecule has 2 nitrogen and oxygen atoms in total. The van der Waals surface area contributed by atoms with Gasteiger partial charge in [-0.3, -0.25) is 0 Å². The van der Waals surface area contributed by atoms with Crippen LogP contribution in [0.1, 0.15) is 12.8 Å². The topological polar surface area (TPSA) is 40.5 Å². The maximum atomic E-state index is 11.9. The Kier molecular flexibility index (Phi) is 2.40. The van der Waals surface area contributed by atoms with Gasteiger partial charge in [-0.05, 0) is 18.4 Å². The molecule has 0 saturated heterocycles. The first-order chi connectivity index (χ1) is 4.74. The summed E-state index contributed by atoms with van der Waals surface area (Å²) in [7, 11) is 0. The molecule has 1 rings (SSSR count). The van der Waals surface area contributed by atoms with E-state index in [4.69, 9.17) is 10.2 Å². The summed E-state index contributed by atoms with van der Waals surface area (Å²) in [5.41, 5.74) is 0.595. The Labute approximate surface area is 59.0 Å². The van der Waals surface area contributed by atoms with E-state index in [2.05, 4.69) is 0 Å². The normalized spacial score (nSPS) is 33.7. The molecule has 0 amide bonds. The van der Waals surface area contributed by atoms with Crippen molar-refractivity contribution in [3.05, 3.63) is 11.6 Å². The summed E-state index contributed by atoms with van der Waals surface area (Å²) in [5, 5.41) is 18.0. The average molecular weight is 146 g/mol. The molecule has 2 N–H and O–H groups in total. The third-order valence-corrected chi connectivity index (χ3v) is 1.74. The predicted octanol–water partition coefficient (Wildman–Crippen LogP) is 0.398. The molecule has 2 atom stereocenters. The van der Waals surface area contributed by atoms with Crippen molar-refractivity contribution < 1.29 is 14.6 Å². The highest BCUT2D eigenvalue weighted by atomic mass is 19.1. The SMILES string of the molecule is O[C@H]1CC=C(CF)C[C@@H]1O. The fourth-order valence-corrected chi connectivity index (χ4v) is 1.04. The van der Waals surface area contributed by atoms with E-state index in [0.717, 1.165) is 0 Å². The highest BCUT2D eigenvalue weighted by Crippen LogP contribution is 2.18. The van der Waals surface area contributed by atoms with E-state index in [1.54, 1.807) is 6.08 Å². The maximum Gasteiger partial charge on any atom is 0.111 e. The van der Waals surface area contributed by atoms with E-state index in [0.29, 0.717) is 12.0 Å². The van der Waals surface area contributed by atoms with Crippen molar-refractivity contribution in [3.63, 3.8) is 0 Å². The van der Waals surface area contributed by atoms with Crippen molar-refractivity contribution in [2.75, 3.05) is 6.67 Å². The highest BCUT2D eigenvalue weighted by molar-refractivity contribution is 5.09. The van der Waals surface area contributed by atoms with Crippen molar-refractivity contribution in [3.8, 4) is 0 Å². The average Bonchev–Trinajstić information content (AvgIpc) is 1.95. The van der Waals surface area contributed by atoms with Crippen LogP contribution in [0.3, 0.4) is 0 Å². The zero-order valence-corrected chi connectivity index (χ0v) is 5.63. The van der Waals surface area contributed by atoms with Gasteiger partial charge in [0.15, 0.2) is 0 Å². The van der Waals surface area contributed by atoms with Crippen LogP contribution in [0.25, 0.3) is 0 Å². The summed E-state index contributed by atoms with van der Waals surface area (Å²) in [5.74, 6) is 0. The summed E-state index contributed by atoms with van der Waals surface area (Å²) in [6, 6.07) is 0. The molecule has 0 aromatic rings. The minimum atomic E-state index is -0.768. The molecule has 0 unspecified atom stereocenters. The summed E-state index contributed by atoms with van der Waals surface area (Å²) < 4.78 is 11.9. The van der Waals surface area contributed by atoms with Crippen molar-refractivity contribution in [1.29, 1.82) is 0 Å². The lowest BCUT2D eigenvalue weighted by atomic mass is 9.95. The van der Waals surface area contributed by atoms with Crippen LogP contribution in [0.4, 0.5) is 4.39 Å². The van der Waals surface area contributed by atoms with Gasteiger partial charge in [0.05, 0.1) is 12.2 Å². The van der Waals surface area contributed by atoms with Gasteiger partial charge in [0.1, 0.15) is 6.67 Å². The lowest BCUT2D eigenvalue weighted by molar-refractivity contribution is 0.0158. The molecule has 1 aliphatic carbocycles. The third-order valence-electron chi connectivity index (χ3n) is 1.74. The Balaban J connectivity index is 2.52. The molecular weight excluding hydrogens is 135 g/mol. The van der Waals surface area contributed by atoms with Crippen LogP contribution in [0, 0.1) is 0 Å². The van der Waals surface area contributed by atoms with Crippen LogP contribution in [0.5, 0.6) is 0 Å². The molecular formula is C7H11FO2. The summed E-state index contributed by atoms with van der Waals surface area (Å²) in [6.45, 7) is -0.510. The first kappa shape index (κ1) is 7.69. The summed E-state index contributed by atoms with van der Waals surface area (Å²) in [6.07, 6.45) is 0.834. The molecule has 10 heavy (non-hydrogen) atoms. The number of alkyl halides is 1. The molecule has 0 aromatic heterocycles. The van der Waals surface area contributed by atoms with E-state index >= 15 is 0 Å². The smallest absolute Gasteiger partial charge is 0.111 e. The van der Waals surface area contributed by atoms with E-state index in [-0.39, 0.29) is 6.42 Å². The van der Waals surface area contributed by atoms with Gasteiger partial charge in [0.25, 0.3) is 0 Å². The fraction of sp³-hybridized carbons (Fsp3) is 0.714. The van der Waals surface area contributed by atoms with Crippen molar-refractivity contribution in [1.82, 2.24) is 0 Å². The largest absolute Gasteiger partial charge is 0.390 e. The van der Waals surface area contributed by atoms with Crippen LogP contribution < -0.4 is 0 Å². The van der Waals surface area contributed by atoms with E-state index in [1.165, 1.54) is 0 Å². The Morgan fingerprint density at radius 2 is 2.20 bits per heavy atom. The Morgan fingerprint density at radius 1 is 1.50 bits per heavy atom. The van der Waals surface area contributed by atoms with Gasteiger partial charge in [-0.25, -0.2) is 4.39 Å². The van der Waals surface area contributed by atoms with E-state index in [1.807, 2.05) is 0 Å². The minimum Gasteiger partial charge on any atom is -0.390 e. The first-order valence-corrected chi connectivity index (χ1v) is 3.34. The fourth-order valence-electron chi connectivity index (χ4n) is 1.04. The van der Waals surface area contributed by atoms with Gasteiger partial charge in [0.2, 0.25) is 0 Å². The van der Waals surface area contributed by atoms with Gasteiger partial charge in [-0.2, -0.15) is 0 Å². The molecule has 0 spiro atoms. The minimum absolute atomic E-state index is 0.275. The van der Waals surface area contributed by atoms with Gasteiger partial charge in [-0.1, -0.05) is 6.08 Å². The van der Waals surface area contributed by atoms with Gasteiger partial charge >= 0.3 is 0 Å². The number of aliphatic hydroxyl groups excluding tert-OH is 2. The second kappa shape index (κ2) is 3.12. The Morgan fingerprint density at radius 3 is 2.70 bits per heavy atom. The van der Waals surface area contributed by atoms with Gasteiger partial charge < -0.3 is 10.2 Å². The lowest BCUT2D eigenvalue weighted by Crippen LogP contribution is -2.29. The number of hydrogen-bond acceptors (Lipinski definition) is 2. The second-order valence-electron chi connectivity index (χ2n) is 2.57. The molecule has 0 saturated carbocycles. The zero-order chi connectivity index (χ0) is 7.56. The molecule has 0 aromatic carbocycles. The summed E-state index contributed by atoms with van der Waals surface area (Å²) in [4.78, 5) is 0. The number of halogens is 1. The van der Waals surface area contributed by atoms with Crippen molar-refractivity contribution >= 4 is 0 Å². The molecule has 3 heteroatoms. The lowest BCUT2D eigenvalue weighted by Gasteiger charge is -2.21. The van der Waals surface area contributed by atoms with E-state index < -0.39 is 18.9 Å².